The van der Waals surface area contributed by atoms with Crippen molar-refractivity contribution in [1.82, 2.24) is 10.2 Å². The number of thioether (sulfide) groups is 2. The van der Waals surface area contributed by atoms with Crippen LogP contribution in [0.15, 0.2) is 8.68 Å². The van der Waals surface area contributed by atoms with Crippen molar-refractivity contribution in [1.29, 1.82) is 0 Å². The van der Waals surface area contributed by atoms with Gasteiger partial charge < -0.3 is 4.74 Å². The van der Waals surface area contributed by atoms with Crippen molar-refractivity contribution in [2.24, 2.45) is 0 Å². The number of rotatable bonds is 13. The summed E-state index contributed by atoms with van der Waals surface area (Å²) < 4.78 is 162. The molecule has 0 bridgehead atoms. The predicted molar refractivity (Wildman–Crippen MR) is 93.3 cm³/mol. The molecule has 19 heteroatoms. The summed E-state index contributed by atoms with van der Waals surface area (Å²) in [4.78, 5) is 11.4. The second-order valence-corrected chi connectivity index (χ2v) is 9.33. The van der Waals surface area contributed by atoms with E-state index in [1.54, 1.807) is 6.26 Å². The van der Waals surface area contributed by atoms with Gasteiger partial charge >= 0.3 is 42.0 Å². The van der Waals surface area contributed by atoms with E-state index in [2.05, 4.69) is 14.9 Å². The largest absolute Gasteiger partial charge is 0.465 e. The topological polar surface area (TPSA) is 52.1 Å². The van der Waals surface area contributed by atoms with Crippen molar-refractivity contribution >= 4 is 40.8 Å². The summed E-state index contributed by atoms with van der Waals surface area (Å²) in [6.07, 6.45) is -6.82. The second-order valence-electron chi connectivity index (χ2n) is 5.96. The third kappa shape index (κ3) is 6.12. The van der Waals surface area contributed by atoms with E-state index in [0.717, 1.165) is 23.1 Å². The average molecular weight is 564 g/mol. The van der Waals surface area contributed by atoms with E-state index >= 15 is 0 Å². The molecular formula is C14H12F12N2O2S3. The first-order valence-corrected chi connectivity index (χ1v) is 11.2. The summed E-state index contributed by atoms with van der Waals surface area (Å²) in [5.74, 6) is -36.9. The zero-order valence-electron chi connectivity index (χ0n) is 15.9. The Labute approximate surface area is 189 Å². The minimum absolute atomic E-state index is 0.0403. The molecule has 192 valence electrons. The molecule has 33 heavy (non-hydrogen) atoms. The lowest BCUT2D eigenvalue weighted by Gasteiger charge is -2.39. The fourth-order valence-corrected chi connectivity index (χ4v) is 4.28. The number of hydrogen-bond acceptors (Lipinski definition) is 7. The summed E-state index contributed by atoms with van der Waals surface area (Å²) in [5, 5.41) is 7.45. The van der Waals surface area contributed by atoms with Gasteiger partial charge in [0.15, 0.2) is 8.68 Å². The quantitative estimate of drug-likeness (QED) is 0.164. The fourth-order valence-electron chi connectivity index (χ4n) is 1.86. The van der Waals surface area contributed by atoms with E-state index in [1.807, 2.05) is 0 Å². The molecular weight excluding hydrogens is 552 g/mol. The third-order valence-corrected chi connectivity index (χ3v) is 6.75. The Bertz CT molecular complexity index is 806. The molecule has 0 spiro atoms. The number of aromatic nitrogens is 2. The van der Waals surface area contributed by atoms with E-state index in [9.17, 15) is 57.5 Å². The minimum atomic E-state index is -7.60. The van der Waals surface area contributed by atoms with E-state index < -0.39 is 61.5 Å². The Morgan fingerprint density at radius 2 is 1.48 bits per heavy atom. The highest BCUT2D eigenvalue weighted by molar-refractivity contribution is 8.02. The molecule has 1 aromatic heterocycles. The highest BCUT2D eigenvalue weighted by Crippen LogP contribution is 2.58. The van der Waals surface area contributed by atoms with Crippen LogP contribution in [0.1, 0.15) is 12.8 Å². The Morgan fingerprint density at radius 3 is 1.97 bits per heavy atom. The maximum atomic E-state index is 13.6. The first kappa shape index (κ1) is 29.9. The van der Waals surface area contributed by atoms with Gasteiger partial charge in [-0.2, -0.15) is 43.9 Å². The number of nitrogens with zero attached hydrogens (tertiary/aromatic N) is 2. The molecule has 0 radical (unpaired) electrons. The van der Waals surface area contributed by atoms with E-state index in [4.69, 9.17) is 0 Å². The second kappa shape index (κ2) is 10.7. The van der Waals surface area contributed by atoms with Gasteiger partial charge in [0, 0.05) is 5.75 Å². The summed E-state index contributed by atoms with van der Waals surface area (Å²) in [7, 11) is 0. The normalized spacial score (nSPS) is 14.1. The Hall–Kier alpha value is -1.11. The van der Waals surface area contributed by atoms with Crippen LogP contribution in [0.3, 0.4) is 0 Å². The summed E-state index contributed by atoms with van der Waals surface area (Å²) >= 11 is 3.42. The Balaban J connectivity index is 2.71. The first-order valence-electron chi connectivity index (χ1n) is 8.18. The summed E-state index contributed by atoms with van der Waals surface area (Å²) in [5.41, 5.74) is 0. The van der Waals surface area contributed by atoms with Gasteiger partial charge in [-0.1, -0.05) is 34.9 Å². The summed E-state index contributed by atoms with van der Waals surface area (Å²) in [6, 6.07) is 0. The monoisotopic (exact) mass is 564 g/mol. The highest BCUT2D eigenvalue weighted by Gasteiger charge is 2.87. The summed E-state index contributed by atoms with van der Waals surface area (Å²) in [6.45, 7) is -1.69. The lowest BCUT2D eigenvalue weighted by atomic mass is 9.93. The molecule has 0 fully saturated rings. The number of carbonyl (C=O) groups excluding carboxylic acids is 1. The van der Waals surface area contributed by atoms with Gasteiger partial charge in [0.2, 0.25) is 0 Å². The minimum Gasteiger partial charge on any atom is -0.465 e. The molecule has 0 aromatic carbocycles. The van der Waals surface area contributed by atoms with Gasteiger partial charge in [-0.3, -0.25) is 4.79 Å². The van der Waals surface area contributed by atoms with E-state index in [1.165, 1.54) is 11.8 Å². The van der Waals surface area contributed by atoms with Crippen molar-refractivity contribution < 1.29 is 62.2 Å². The van der Waals surface area contributed by atoms with Crippen LogP contribution in [0.25, 0.3) is 0 Å². The molecule has 0 atom stereocenters. The first-order chi connectivity index (χ1) is 14.8. The lowest BCUT2D eigenvalue weighted by Crippen LogP contribution is -2.68. The third-order valence-electron chi connectivity index (χ3n) is 3.71. The average Bonchev–Trinajstić information content (AvgIpc) is 3.15. The molecule has 0 aliphatic heterocycles. The molecule has 1 aromatic rings. The van der Waals surface area contributed by atoms with Crippen LogP contribution in [-0.2, 0) is 9.53 Å². The van der Waals surface area contributed by atoms with Crippen LogP contribution in [0.5, 0.6) is 0 Å². The lowest BCUT2D eigenvalue weighted by molar-refractivity contribution is -0.413. The molecule has 0 saturated carbocycles. The Morgan fingerprint density at radius 1 is 0.939 bits per heavy atom. The van der Waals surface area contributed by atoms with Crippen molar-refractivity contribution in [3.8, 4) is 0 Å². The number of hydrogen-bond donors (Lipinski definition) is 0. The molecule has 0 unspecified atom stereocenters. The molecule has 4 nitrogen and oxygen atoms in total. The molecule has 1 rings (SSSR count). The van der Waals surface area contributed by atoms with Gasteiger partial charge in [0.25, 0.3) is 0 Å². The van der Waals surface area contributed by atoms with Crippen molar-refractivity contribution in [2.45, 2.75) is 57.6 Å². The number of ether oxygens (including phenoxy) is 1. The van der Waals surface area contributed by atoms with Crippen LogP contribution in [-0.4, -0.2) is 70.8 Å². The van der Waals surface area contributed by atoms with Crippen LogP contribution >= 0.6 is 34.9 Å². The zero-order chi connectivity index (χ0) is 25.9. The SMILES string of the molecule is CSc1nnc(SCCC(=O)OCCC(F)(F)C(F)(F)C(F)(F)C(F)(F)C(F)(F)C(F)F)s1. The van der Waals surface area contributed by atoms with E-state index in [-0.39, 0.29) is 5.75 Å². The number of alkyl halides is 12. The van der Waals surface area contributed by atoms with Crippen molar-refractivity contribution in [2.75, 3.05) is 18.6 Å². The maximum absolute atomic E-state index is 13.6. The Kier molecular flexibility index (Phi) is 9.66. The fraction of sp³-hybridized carbons (Fsp3) is 0.786. The van der Waals surface area contributed by atoms with Crippen LogP contribution in [0.2, 0.25) is 0 Å². The van der Waals surface area contributed by atoms with Gasteiger partial charge in [-0.25, -0.2) is 8.78 Å². The molecule has 0 amide bonds. The van der Waals surface area contributed by atoms with Crippen LogP contribution < -0.4 is 0 Å². The van der Waals surface area contributed by atoms with Crippen LogP contribution in [0, 0.1) is 0 Å². The van der Waals surface area contributed by atoms with Gasteiger partial charge in [0.1, 0.15) is 0 Å². The number of esters is 1. The number of halogens is 12. The smallest absolute Gasteiger partial charge is 0.384 e. The van der Waals surface area contributed by atoms with Crippen LogP contribution in [0.4, 0.5) is 52.7 Å². The molecule has 0 aliphatic carbocycles. The maximum Gasteiger partial charge on any atom is 0.384 e. The van der Waals surface area contributed by atoms with Gasteiger partial charge in [-0.15, -0.1) is 10.2 Å². The highest BCUT2D eigenvalue weighted by atomic mass is 32.2. The van der Waals surface area contributed by atoms with E-state index in [0.29, 0.717) is 8.68 Å². The molecule has 0 aliphatic rings. The molecule has 0 saturated heterocycles. The van der Waals surface area contributed by atoms with Crippen molar-refractivity contribution in [3.63, 3.8) is 0 Å². The number of carbonyl (C=O) groups is 1. The van der Waals surface area contributed by atoms with Crippen molar-refractivity contribution in [3.05, 3.63) is 0 Å². The van der Waals surface area contributed by atoms with Gasteiger partial charge in [-0.05, 0) is 6.26 Å². The molecule has 1 heterocycles. The molecule has 0 N–H and O–H groups in total. The predicted octanol–water partition coefficient (Wildman–Crippen LogP) is 6.12. The standard InChI is InChI=1S/C14H12F12N2O2S3/c1-31-8-27-28-9(33-8)32-5-2-6(29)30-4-3-10(17,18)12(21,22)14(25,26)13(23,24)11(19,20)7(15)16/h7H,2-5H2,1H3. The zero-order valence-corrected chi connectivity index (χ0v) is 18.3. The van der Waals surface area contributed by atoms with Gasteiger partial charge in [0.05, 0.1) is 19.4 Å².